The largest absolute Gasteiger partial charge is 0.338 e. The van der Waals surface area contributed by atoms with E-state index in [0.29, 0.717) is 17.8 Å². The summed E-state index contributed by atoms with van der Waals surface area (Å²) in [6.07, 6.45) is 1.26. The number of hydrogen-bond acceptors (Lipinski definition) is 3. The van der Waals surface area contributed by atoms with Crippen molar-refractivity contribution in [2.24, 2.45) is 5.92 Å². The zero-order valence-corrected chi connectivity index (χ0v) is 16.0. The van der Waals surface area contributed by atoms with Gasteiger partial charge in [-0.15, -0.1) is 5.10 Å². The second-order valence-electron chi connectivity index (χ2n) is 7.68. The quantitative estimate of drug-likeness (QED) is 0.494. The van der Waals surface area contributed by atoms with E-state index >= 15 is 0 Å². The molecule has 4 nitrogen and oxygen atoms in total. The summed E-state index contributed by atoms with van der Waals surface area (Å²) < 4.78 is 15.2. The maximum Gasteiger partial charge on any atom is 0.168 e. The van der Waals surface area contributed by atoms with Gasteiger partial charge in [0.05, 0.1) is 16.9 Å². The third-order valence-electron chi connectivity index (χ3n) is 5.42. The minimum atomic E-state index is -0.297. The van der Waals surface area contributed by atoms with Crippen LogP contribution in [0, 0.1) is 11.7 Å². The molecule has 4 aromatic rings. The lowest BCUT2D eigenvalue weighted by Gasteiger charge is -2.19. The predicted octanol–water partition coefficient (Wildman–Crippen LogP) is 5.67. The zero-order chi connectivity index (χ0) is 20.0. The molecular formula is C24H20FN3O. The van der Waals surface area contributed by atoms with Crippen molar-refractivity contribution in [3.63, 3.8) is 0 Å². The predicted molar refractivity (Wildman–Crippen MR) is 113 cm³/mol. The van der Waals surface area contributed by atoms with E-state index in [0.717, 1.165) is 34.3 Å². The standard InChI is InChI=1S/C24H20FN3O/c1-15-12-21-23(22(29)13-15)24(27-28(21)20-10-7-18(25)8-11-20)26-19-9-6-16-4-2-3-5-17(16)14-19/h2-11,14-15H,12-13H2,1H3,(H,26,27). The van der Waals surface area contributed by atoms with Gasteiger partial charge in [0.1, 0.15) is 5.82 Å². The van der Waals surface area contributed by atoms with Crippen molar-refractivity contribution in [3.8, 4) is 5.69 Å². The highest BCUT2D eigenvalue weighted by molar-refractivity contribution is 6.03. The maximum absolute atomic E-state index is 13.4. The van der Waals surface area contributed by atoms with Gasteiger partial charge < -0.3 is 5.32 Å². The van der Waals surface area contributed by atoms with Gasteiger partial charge in [-0.1, -0.05) is 37.3 Å². The van der Waals surface area contributed by atoms with Crippen molar-refractivity contribution in [1.29, 1.82) is 0 Å². The van der Waals surface area contributed by atoms with Crippen molar-refractivity contribution in [2.75, 3.05) is 5.32 Å². The number of anilines is 2. The first-order valence-corrected chi connectivity index (χ1v) is 9.75. The monoisotopic (exact) mass is 385 g/mol. The Morgan fingerprint density at radius 3 is 2.55 bits per heavy atom. The number of Topliss-reactive ketones (excluding diaryl/α,β-unsaturated/α-hetero) is 1. The Labute approximate surface area is 168 Å². The number of halogens is 1. The van der Waals surface area contributed by atoms with E-state index in [9.17, 15) is 9.18 Å². The molecule has 3 aromatic carbocycles. The Balaban J connectivity index is 1.61. The van der Waals surface area contributed by atoms with E-state index in [-0.39, 0.29) is 17.5 Å². The van der Waals surface area contributed by atoms with Crippen molar-refractivity contribution >= 4 is 28.1 Å². The highest BCUT2D eigenvalue weighted by Gasteiger charge is 2.31. The van der Waals surface area contributed by atoms with Crippen LogP contribution < -0.4 is 5.32 Å². The molecule has 1 aliphatic carbocycles. The molecular weight excluding hydrogens is 365 g/mol. The number of hydrogen-bond donors (Lipinski definition) is 1. The topological polar surface area (TPSA) is 46.9 Å². The number of nitrogens with zero attached hydrogens (tertiary/aromatic N) is 2. The normalized spacial score (nSPS) is 16.1. The van der Waals surface area contributed by atoms with Crippen LogP contribution >= 0.6 is 0 Å². The summed E-state index contributed by atoms with van der Waals surface area (Å²) in [6.45, 7) is 2.07. The lowest BCUT2D eigenvalue weighted by atomic mass is 9.87. The van der Waals surface area contributed by atoms with Gasteiger partial charge in [-0.2, -0.15) is 0 Å². The number of aromatic nitrogens is 2. The second-order valence-corrected chi connectivity index (χ2v) is 7.68. The first kappa shape index (κ1) is 17.6. The molecule has 0 radical (unpaired) electrons. The highest BCUT2D eigenvalue weighted by atomic mass is 19.1. The van der Waals surface area contributed by atoms with Crippen LogP contribution in [0.1, 0.15) is 29.4 Å². The summed E-state index contributed by atoms with van der Waals surface area (Å²) in [5.41, 5.74) is 3.14. The molecule has 5 heteroatoms. The number of benzene rings is 3. The Morgan fingerprint density at radius 1 is 1.00 bits per heavy atom. The van der Waals surface area contributed by atoms with Gasteiger partial charge in [0, 0.05) is 12.1 Å². The average Bonchev–Trinajstić information content (AvgIpc) is 3.07. The molecule has 1 unspecified atom stereocenters. The first-order valence-electron chi connectivity index (χ1n) is 9.75. The molecule has 0 spiro atoms. The van der Waals surface area contributed by atoms with Crippen molar-refractivity contribution in [3.05, 3.63) is 83.8 Å². The fraction of sp³-hybridized carbons (Fsp3) is 0.167. The fourth-order valence-corrected chi connectivity index (χ4v) is 4.04. The van der Waals surface area contributed by atoms with Crippen LogP contribution in [-0.2, 0) is 6.42 Å². The van der Waals surface area contributed by atoms with Gasteiger partial charge in [0.25, 0.3) is 0 Å². The molecule has 5 rings (SSSR count). The number of carbonyl (C=O) groups excluding carboxylic acids is 1. The number of carbonyl (C=O) groups is 1. The molecule has 0 aliphatic heterocycles. The summed E-state index contributed by atoms with van der Waals surface area (Å²) in [6, 6.07) is 20.4. The number of nitrogens with one attached hydrogen (secondary N) is 1. The highest BCUT2D eigenvalue weighted by Crippen LogP contribution is 2.34. The molecule has 29 heavy (non-hydrogen) atoms. The van der Waals surface area contributed by atoms with Crippen LogP contribution in [0.5, 0.6) is 0 Å². The van der Waals surface area contributed by atoms with E-state index in [1.54, 1.807) is 16.8 Å². The van der Waals surface area contributed by atoms with Crippen molar-refractivity contribution < 1.29 is 9.18 Å². The van der Waals surface area contributed by atoms with Gasteiger partial charge in [-0.05, 0) is 59.5 Å². The fourth-order valence-electron chi connectivity index (χ4n) is 4.04. The summed E-state index contributed by atoms with van der Waals surface area (Å²) in [7, 11) is 0. The molecule has 1 aromatic heterocycles. The molecule has 0 amide bonds. The third-order valence-corrected chi connectivity index (χ3v) is 5.42. The zero-order valence-electron chi connectivity index (χ0n) is 16.0. The minimum Gasteiger partial charge on any atom is -0.338 e. The Bertz CT molecular complexity index is 1230. The van der Waals surface area contributed by atoms with E-state index < -0.39 is 0 Å². The summed E-state index contributed by atoms with van der Waals surface area (Å²) in [5, 5.41) is 10.3. The molecule has 1 atom stereocenters. The van der Waals surface area contributed by atoms with E-state index in [2.05, 4.69) is 30.4 Å². The molecule has 144 valence electrons. The van der Waals surface area contributed by atoms with Crippen LogP contribution in [0.4, 0.5) is 15.9 Å². The lowest BCUT2D eigenvalue weighted by Crippen LogP contribution is -2.19. The van der Waals surface area contributed by atoms with E-state index in [1.807, 2.05) is 24.3 Å². The summed E-state index contributed by atoms with van der Waals surface area (Å²) in [5.74, 6) is 0.597. The van der Waals surface area contributed by atoms with Gasteiger partial charge in [-0.3, -0.25) is 4.79 Å². The minimum absolute atomic E-state index is 0.0930. The maximum atomic E-state index is 13.4. The third kappa shape index (κ3) is 3.18. The van der Waals surface area contributed by atoms with Crippen LogP contribution in [-0.4, -0.2) is 15.6 Å². The second kappa shape index (κ2) is 6.85. The Hall–Kier alpha value is -3.47. The van der Waals surface area contributed by atoms with Gasteiger partial charge in [0.2, 0.25) is 0 Å². The van der Waals surface area contributed by atoms with Crippen LogP contribution in [0.3, 0.4) is 0 Å². The molecule has 1 aliphatic rings. The van der Waals surface area contributed by atoms with Crippen LogP contribution in [0.25, 0.3) is 16.5 Å². The van der Waals surface area contributed by atoms with Crippen molar-refractivity contribution in [2.45, 2.75) is 19.8 Å². The molecule has 0 bridgehead atoms. The Morgan fingerprint density at radius 2 is 1.76 bits per heavy atom. The first-order chi connectivity index (χ1) is 14.1. The van der Waals surface area contributed by atoms with Gasteiger partial charge in [-0.25, -0.2) is 9.07 Å². The van der Waals surface area contributed by atoms with E-state index in [4.69, 9.17) is 5.10 Å². The number of ketones is 1. The van der Waals surface area contributed by atoms with E-state index in [1.165, 1.54) is 12.1 Å². The van der Waals surface area contributed by atoms with Gasteiger partial charge in [0.15, 0.2) is 11.6 Å². The Kier molecular flexibility index (Phi) is 4.16. The summed E-state index contributed by atoms with van der Waals surface area (Å²) in [4.78, 5) is 12.9. The molecule has 1 heterocycles. The van der Waals surface area contributed by atoms with Crippen molar-refractivity contribution in [1.82, 2.24) is 9.78 Å². The smallest absolute Gasteiger partial charge is 0.168 e. The summed E-state index contributed by atoms with van der Waals surface area (Å²) >= 11 is 0. The molecule has 1 N–H and O–H groups in total. The number of rotatable bonds is 3. The molecule has 0 saturated heterocycles. The lowest BCUT2D eigenvalue weighted by molar-refractivity contribution is 0.0953. The average molecular weight is 385 g/mol. The van der Waals surface area contributed by atoms with Crippen LogP contribution in [0.15, 0.2) is 66.7 Å². The molecule has 0 saturated carbocycles. The number of fused-ring (bicyclic) bond motifs is 2. The van der Waals surface area contributed by atoms with Crippen LogP contribution in [0.2, 0.25) is 0 Å². The molecule has 0 fully saturated rings. The van der Waals surface area contributed by atoms with Gasteiger partial charge >= 0.3 is 0 Å². The SMILES string of the molecule is CC1CC(=O)c2c(Nc3ccc4ccccc4c3)nn(-c3ccc(F)cc3)c2C1.